The first-order valence-corrected chi connectivity index (χ1v) is 16.4. The Kier molecular flexibility index (Phi) is 14.0. The van der Waals surface area contributed by atoms with Crippen molar-refractivity contribution < 1.29 is 54.0 Å². The van der Waals surface area contributed by atoms with Gasteiger partial charge in [-0.25, -0.2) is 0 Å². The quantitative estimate of drug-likeness (QED) is 0.0474. The van der Waals surface area contributed by atoms with Crippen LogP contribution in [0.15, 0.2) is 29.2 Å². The number of carboxylic acid groups (broad SMARTS) is 4. The molecule has 1 aromatic carbocycles. The SMILES string of the molecule is C#CCN(CCc1c[nH]c2nc(N)[nH]c(=O)c12)c1ccc(C(=O)N[C@@H](CCC(=O)O)C(=O)C(C[C@H](N)C(=O)O)(C(=O)O)C(=O)[C@@H](N)CCC(=O)O)cc1Cl. The molecule has 0 radical (unpaired) electrons. The number of halogens is 1. The number of hydrogen-bond acceptors (Lipinski definition) is 13. The summed E-state index contributed by atoms with van der Waals surface area (Å²) in [6, 6.07) is -2.24. The summed E-state index contributed by atoms with van der Waals surface area (Å²) in [5.74, 6) is -8.78. The van der Waals surface area contributed by atoms with Crippen LogP contribution in [0.3, 0.4) is 0 Å². The third-order valence-corrected chi connectivity index (χ3v) is 8.75. The molecular formula is C33H37ClN8O12. The Morgan fingerprint density at radius 3 is 2.22 bits per heavy atom. The lowest BCUT2D eigenvalue weighted by Crippen LogP contribution is -2.61. The van der Waals surface area contributed by atoms with Crippen molar-refractivity contribution in [3.8, 4) is 12.3 Å². The standard InChI is InChI=1S/C33H37ClN8O12/c1-2-10-42(11-9-16-14-38-27-24(16)29(50)41-32(37)40-27)21-6-3-15(12-17(21)34)28(49)39-20(5-8-23(45)46)26(48)33(31(53)54,13-19(36)30(51)52)25(47)18(35)4-7-22(43)44/h1,3,6,12,14,18-20H,4-5,7-11,13,35-36H2,(H,39,49)(H,43,44)(H,45,46)(H,51,52)(H,53,54)(H4,37,38,40,41,50)/t18-,19-,20-,33?/m0/s1. The van der Waals surface area contributed by atoms with E-state index >= 15 is 0 Å². The highest BCUT2D eigenvalue weighted by atomic mass is 35.5. The number of anilines is 2. The minimum absolute atomic E-state index is 0.0237. The predicted molar refractivity (Wildman–Crippen MR) is 191 cm³/mol. The van der Waals surface area contributed by atoms with Crippen LogP contribution >= 0.6 is 11.6 Å². The third-order valence-electron chi connectivity index (χ3n) is 8.45. The van der Waals surface area contributed by atoms with Crippen LogP contribution in [0.25, 0.3) is 11.0 Å². The van der Waals surface area contributed by atoms with Crippen LogP contribution in [0, 0.1) is 17.8 Å². The number of aromatic amines is 2. The van der Waals surface area contributed by atoms with Crippen molar-refractivity contribution in [2.75, 3.05) is 23.7 Å². The lowest BCUT2D eigenvalue weighted by molar-refractivity contribution is -0.162. The molecule has 13 N–H and O–H groups in total. The van der Waals surface area contributed by atoms with Gasteiger partial charge in [0.2, 0.25) is 5.95 Å². The van der Waals surface area contributed by atoms with Crippen molar-refractivity contribution in [1.29, 1.82) is 0 Å². The molecule has 3 rings (SSSR count). The van der Waals surface area contributed by atoms with Gasteiger partial charge in [0.1, 0.15) is 11.7 Å². The maximum absolute atomic E-state index is 14.1. The molecule has 0 fully saturated rings. The molecule has 2 heterocycles. The molecule has 1 amide bonds. The van der Waals surface area contributed by atoms with Gasteiger partial charge in [0.25, 0.3) is 11.5 Å². The van der Waals surface area contributed by atoms with Gasteiger partial charge in [-0.05, 0) is 43.0 Å². The number of amides is 1. The van der Waals surface area contributed by atoms with Crippen LogP contribution in [0.5, 0.6) is 0 Å². The number of carboxylic acids is 4. The van der Waals surface area contributed by atoms with E-state index in [4.69, 9.17) is 40.3 Å². The van der Waals surface area contributed by atoms with E-state index in [-0.39, 0.29) is 47.1 Å². The lowest BCUT2D eigenvalue weighted by Gasteiger charge is -2.33. The monoisotopic (exact) mass is 772 g/mol. The van der Waals surface area contributed by atoms with Crippen LogP contribution < -0.4 is 33.0 Å². The van der Waals surface area contributed by atoms with Gasteiger partial charge < -0.3 is 52.8 Å². The topological polar surface area (TPSA) is 355 Å². The number of nitrogen functional groups attached to an aromatic ring is 1. The van der Waals surface area contributed by atoms with Crippen LogP contribution in [0.1, 0.15) is 48.0 Å². The van der Waals surface area contributed by atoms with Crippen molar-refractivity contribution >= 4 is 75.6 Å². The van der Waals surface area contributed by atoms with Gasteiger partial charge in [0, 0.05) is 37.6 Å². The molecule has 0 aliphatic carbocycles. The molecular weight excluding hydrogens is 736 g/mol. The fraction of sp³-hybridized carbons (Fsp3) is 0.364. The Morgan fingerprint density at radius 1 is 1.00 bits per heavy atom. The first-order chi connectivity index (χ1) is 25.3. The number of nitrogens with two attached hydrogens (primary N) is 3. The number of nitrogens with one attached hydrogen (secondary N) is 3. The number of Topliss-reactive ketones (excluding diaryl/α,β-unsaturated/α-hetero) is 2. The third kappa shape index (κ3) is 9.77. The number of nitrogens with zero attached hydrogens (tertiary/aromatic N) is 2. The van der Waals surface area contributed by atoms with E-state index in [1.165, 1.54) is 18.2 Å². The van der Waals surface area contributed by atoms with Crippen molar-refractivity contribution in [2.45, 2.75) is 56.7 Å². The summed E-state index contributed by atoms with van der Waals surface area (Å²) in [5, 5.41) is 40.6. The average molecular weight is 773 g/mol. The molecule has 0 saturated carbocycles. The molecule has 0 spiro atoms. The normalized spacial score (nSPS) is 13.8. The van der Waals surface area contributed by atoms with Crippen molar-refractivity contribution in [2.24, 2.45) is 16.9 Å². The molecule has 20 nitrogen and oxygen atoms in total. The molecule has 1 unspecified atom stereocenters. The number of benzene rings is 1. The van der Waals surface area contributed by atoms with E-state index in [0.29, 0.717) is 11.3 Å². The molecule has 0 aliphatic heterocycles. The van der Waals surface area contributed by atoms with Gasteiger partial charge in [-0.15, -0.1) is 6.42 Å². The number of H-pyrrole nitrogens is 2. The smallest absolute Gasteiger partial charge is 0.325 e. The maximum atomic E-state index is 14.1. The summed E-state index contributed by atoms with van der Waals surface area (Å²) in [6.45, 7) is 0.246. The summed E-state index contributed by atoms with van der Waals surface area (Å²) in [7, 11) is 0. The summed E-state index contributed by atoms with van der Waals surface area (Å²) in [5.41, 5.74) is 14.2. The van der Waals surface area contributed by atoms with Crippen molar-refractivity contribution in [1.82, 2.24) is 20.3 Å². The number of fused-ring (bicyclic) bond motifs is 1. The largest absolute Gasteiger partial charge is 0.481 e. The van der Waals surface area contributed by atoms with E-state index in [1.54, 1.807) is 11.1 Å². The molecule has 3 aromatic rings. The molecule has 0 saturated heterocycles. The van der Waals surface area contributed by atoms with Crippen molar-refractivity contribution in [3.05, 3.63) is 50.9 Å². The van der Waals surface area contributed by atoms with Gasteiger partial charge in [0.15, 0.2) is 17.0 Å². The zero-order valence-electron chi connectivity index (χ0n) is 28.3. The van der Waals surface area contributed by atoms with Crippen LogP contribution in [-0.4, -0.2) is 108 Å². The zero-order chi connectivity index (χ0) is 40.5. The first-order valence-electron chi connectivity index (χ1n) is 16.0. The van der Waals surface area contributed by atoms with Gasteiger partial charge in [-0.3, -0.25) is 43.3 Å². The van der Waals surface area contributed by atoms with Crippen LogP contribution in [0.4, 0.5) is 11.6 Å². The number of rotatable bonds is 21. The first kappa shape index (κ1) is 42.1. The van der Waals surface area contributed by atoms with E-state index in [0.717, 1.165) is 0 Å². The number of hydrogen-bond donors (Lipinski definition) is 10. The van der Waals surface area contributed by atoms with Crippen molar-refractivity contribution in [3.63, 3.8) is 0 Å². The second-order valence-corrected chi connectivity index (χ2v) is 12.5. The minimum atomic E-state index is -3.35. The predicted octanol–water partition coefficient (Wildman–Crippen LogP) is -0.664. The Hall–Kier alpha value is -6.30. The van der Waals surface area contributed by atoms with Crippen LogP contribution in [0.2, 0.25) is 5.02 Å². The number of ketones is 2. The molecule has 2 aromatic heterocycles. The van der Waals surface area contributed by atoms with Gasteiger partial charge in [-0.2, -0.15) is 4.98 Å². The van der Waals surface area contributed by atoms with E-state index in [2.05, 4.69) is 26.2 Å². The highest BCUT2D eigenvalue weighted by Gasteiger charge is 2.57. The molecule has 0 bridgehead atoms. The Bertz CT molecular complexity index is 2080. The highest BCUT2D eigenvalue weighted by Crippen LogP contribution is 2.33. The second-order valence-electron chi connectivity index (χ2n) is 12.1. The fourth-order valence-electron chi connectivity index (χ4n) is 5.71. The number of carbonyl (C=O) groups is 7. The molecule has 21 heteroatoms. The van der Waals surface area contributed by atoms with Gasteiger partial charge >= 0.3 is 23.9 Å². The fourth-order valence-corrected chi connectivity index (χ4v) is 6.01. The Morgan fingerprint density at radius 2 is 1.65 bits per heavy atom. The van der Waals surface area contributed by atoms with Crippen LogP contribution in [-0.2, 0) is 35.2 Å². The summed E-state index contributed by atoms with van der Waals surface area (Å²) < 4.78 is 0. The summed E-state index contributed by atoms with van der Waals surface area (Å²) >= 11 is 6.57. The Labute approximate surface area is 310 Å². The summed E-state index contributed by atoms with van der Waals surface area (Å²) in [4.78, 5) is 112. The number of carbonyl (C=O) groups excluding carboxylic acids is 3. The van der Waals surface area contributed by atoms with Gasteiger partial charge in [-0.1, -0.05) is 17.5 Å². The lowest BCUT2D eigenvalue weighted by atomic mass is 9.69. The van der Waals surface area contributed by atoms with E-state index in [9.17, 15) is 53.7 Å². The van der Waals surface area contributed by atoms with E-state index in [1.807, 2.05) is 0 Å². The minimum Gasteiger partial charge on any atom is -0.481 e. The molecule has 4 atom stereocenters. The number of aromatic nitrogens is 3. The molecule has 0 aliphatic rings. The zero-order valence-corrected chi connectivity index (χ0v) is 29.1. The number of aliphatic carboxylic acids is 4. The Balaban J connectivity index is 1.96. The summed E-state index contributed by atoms with van der Waals surface area (Å²) in [6.07, 6.45) is 3.10. The maximum Gasteiger partial charge on any atom is 0.325 e. The molecule has 288 valence electrons. The highest BCUT2D eigenvalue weighted by molar-refractivity contribution is 6.33. The van der Waals surface area contributed by atoms with E-state index < -0.39 is 103 Å². The second kappa shape index (κ2) is 18.0. The average Bonchev–Trinajstić information content (AvgIpc) is 3.51. The van der Waals surface area contributed by atoms with Gasteiger partial charge in [0.05, 0.1) is 34.7 Å². The number of terminal acetylenes is 1. The molecule has 54 heavy (non-hydrogen) atoms.